The van der Waals surface area contributed by atoms with Gasteiger partial charge in [-0.05, 0) is 31.2 Å². The predicted molar refractivity (Wildman–Crippen MR) is 74.6 cm³/mol. The first-order valence-electron chi connectivity index (χ1n) is 5.65. The van der Waals surface area contributed by atoms with Gasteiger partial charge in [-0.3, -0.25) is 0 Å². The summed E-state index contributed by atoms with van der Waals surface area (Å²) in [6, 6.07) is 13.6. The molecule has 0 aromatic heterocycles. The zero-order valence-electron chi connectivity index (χ0n) is 10.3. The normalized spacial score (nSPS) is 11.9. The van der Waals surface area contributed by atoms with Crippen LogP contribution in [0.1, 0.15) is 15.9 Å². The van der Waals surface area contributed by atoms with Crippen LogP contribution in [0.25, 0.3) is 0 Å². The van der Waals surface area contributed by atoms with Crippen molar-refractivity contribution in [1.82, 2.24) is 0 Å². The number of aryl methyl sites for hydroxylation is 1. The molecule has 0 bridgehead atoms. The fourth-order valence-corrected chi connectivity index (χ4v) is 2.44. The average Bonchev–Trinajstić information content (AvgIpc) is 2.41. The number of nitrogens with one attached hydrogen (secondary N) is 1. The van der Waals surface area contributed by atoms with Gasteiger partial charge in [-0.2, -0.15) is 0 Å². The van der Waals surface area contributed by atoms with Gasteiger partial charge in [-0.15, -0.1) is 0 Å². The molecule has 98 valence electrons. The van der Waals surface area contributed by atoms with Crippen LogP contribution in [0.15, 0.2) is 53.4 Å². The lowest BCUT2D eigenvalue weighted by Gasteiger charge is -2.11. The fraction of sp³-hybridized carbons (Fsp3) is 0.0714. The van der Waals surface area contributed by atoms with Crippen LogP contribution in [-0.4, -0.2) is 15.6 Å². The van der Waals surface area contributed by atoms with Gasteiger partial charge in [0.05, 0.1) is 11.3 Å². The van der Waals surface area contributed by atoms with Crippen molar-refractivity contribution in [2.24, 2.45) is 0 Å². The van der Waals surface area contributed by atoms with Gasteiger partial charge < -0.3 is 9.66 Å². The second-order valence-corrected chi connectivity index (χ2v) is 5.28. The third kappa shape index (κ3) is 3.49. The summed E-state index contributed by atoms with van der Waals surface area (Å²) in [7, 11) is 0. The molecule has 0 radical (unpaired) electrons. The Hall–Kier alpha value is -1.98. The number of hydrogen-bond acceptors (Lipinski definition) is 3. The molecular formula is C14H13NO3S. The molecule has 2 rings (SSSR count). The highest BCUT2D eigenvalue weighted by molar-refractivity contribution is 7.92. The van der Waals surface area contributed by atoms with Gasteiger partial charge >= 0.3 is 5.97 Å². The second kappa shape index (κ2) is 5.77. The SMILES string of the molecule is Cc1ccc(N[S+]([O-])c2cccc(C(=O)O)c2)cc1. The van der Waals surface area contributed by atoms with Gasteiger partial charge in [-0.25, -0.2) is 9.52 Å². The van der Waals surface area contributed by atoms with Crippen molar-refractivity contribution >= 4 is 23.0 Å². The number of rotatable bonds is 4. The number of anilines is 1. The lowest BCUT2D eigenvalue weighted by atomic mass is 10.2. The zero-order valence-corrected chi connectivity index (χ0v) is 11.1. The summed E-state index contributed by atoms with van der Waals surface area (Å²) in [5.74, 6) is -1.03. The van der Waals surface area contributed by atoms with Gasteiger partial charge in [0.25, 0.3) is 0 Å². The summed E-state index contributed by atoms with van der Waals surface area (Å²) in [6.07, 6.45) is 0. The van der Waals surface area contributed by atoms with Crippen molar-refractivity contribution in [1.29, 1.82) is 0 Å². The van der Waals surface area contributed by atoms with E-state index in [2.05, 4.69) is 4.72 Å². The molecule has 2 aromatic carbocycles. The smallest absolute Gasteiger partial charge is 0.335 e. The van der Waals surface area contributed by atoms with E-state index in [1.807, 2.05) is 31.2 Å². The van der Waals surface area contributed by atoms with Crippen molar-refractivity contribution in [3.05, 3.63) is 59.7 Å². The minimum absolute atomic E-state index is 0.122. The standard InChI is InChI=1S/C14H13NO3S/c1-10-5-7-12(8-6-10)15-19(18)13-4-2-3-11(9-13)14(16)17/h2-9,15H,1H3,(H,16,17). The molecule has 2 aromatic rings. The molecule has 0 saturated carbocycles. The molecule has 4 nitrogen and oxygen atoms in total. The van der Waals surface area contributed by atoms with Crippen LogP contribution in [0.5, 0.6) is 0 Å². The van der Waals surface area contributed by atoms with E-state index < -0.39 is 17.3 Å². The van der Waals surface area contributed by atoms with Crippen LogP contribution in [0.4, 0.5) is 5.69 Å². The highest BCUT2D eigenvalue weighted by Crippen LogP contribution is 2.17. The Labute approximate surface area is 114 Å². The summed E-state index contributed by atoms with van der Waals surface area (Å²) in [4.78, 5) is 11.3. The molecule has 19 heavy (non-hydrogen) atoms. The second-order valence-electron chi connectivity index (χ2n) is 4.07. The average molecular weight is 275 g/mol. The third-order valence-electron chi connectivity index (χ3n) is 2.56. The molecular weight excluding hydrogens is 262 g/mol. The Morgan fingerprint density at radius 3 is 2.53 bits per heavy atom. The van der Waals surface area contributed by atoms with Crippen LogP contribution < -0.4 is 4.72 Å². The lowest BCUT2D eigenvalue weighted by Crippen LogP contribution is -2.13. The summed E-state index contributed by atoms with van der Waals surface area (Å²) in [6.45, 7) is 1.97. The van der Waals surface area contributed by atoms with Gasteiger partial charge in [0.15, 0.2) is 4.90 Å². The predicted octanol–water partition coefficient (Wildman–Crippen LogP) is 2.83. The largest absolute Gasteiger partial charge is 0.588 e. The van der Waals surface area contributed by atoms with E-state index in [-0.39, 0.29) is 5.56 Å². The molecule has 0 amide bonds. The van der Waals surface area contributed by atoms with Crippen LogP contribution in [0.2, 0.25) is 0 Å². The van der Waals surface area contributed by atoms with E-state index in [0.29, 0.717) is 4.90 Å². The van der Waals surface area contributed by atoms with E-state index in [4.69, 9.17) is 5.11 Å². The van der Waals surface area contributed by atoms with E-state index in [0.717, 1.165) is 11.3 Å². The molecule has 1 atom stereocenters. The van der Waals surface area contributed by atoms with Gasteiger partial charge in [0.2, 0.25) is 0 Å². The van der Waals surface area contributed by atoms with E-state index in [1.165, 1.54) is 12.1 Å². The van der Waals surface area contributed by atoms with Gasteiger partial charge in [0.1, 0.15) is 11.4 Å². The first-order valence-corrected chi connectivity index (χ1v) is 6.80. The van der Waals surface area contributed by atoms with Crippen LogP contribution in [0, 0.1) is 6.92 Å². The fourth-order valence-electron chi connectivity index (χ4n) is 1.53. The van der Waals surface area contributed by atoms with Gasteiger partial charge in [-0.1, -0.05) is 23.8 Å². The Balaban J connectivity index is 2.15. The maximum Gasteiger partial charge on any atom is 0.335 e. The summed E-state index contributed by atoms with van der Waals surface area (Å²) in [5.41, 5.74) is 1.96. The Kier molecular flexibility index (Phi) is 4.09. The van der Waals surface area contributed by atoms with Gasteiger partial charge in [0, 0.05) is 6.07 Å². The summed E-state index contributed by atoms with van der Waals surface area (Å²) < 4.78 is 14.9. The van der Waals surface area contributed by atoms with E-state index in [9.17, 15) is 9.35 Å². The Bertz CT molecular complexity index is 583. The molecule has 2 N–H and O–H groups in total. The van der Waals surface area contributed by atoms with Crippen molar-refractivity contribution in [3.8, 4) is 0 Å². The topological polar surface area (TPSA) is 72.4 Å². The van der Waals surface area contributed by atoms with Crippen molar-refractivity contribution in [3.63, 3.8) is 0 Å². The van der Waals surface area contributed by atoms with E-state index >= 15 is 0 Å². The number of carboxylic acids is 1. The van der Waals surface area contributed by atoms with Crippen LogP contribution in [-0.2, 0) is 11.4 Å². The van der Waals surface area contributed by atoms with Crippen LogP contribution >= 0.6 is 0 Å². The summed E-state index contributed by atoms with van der Waals surface area (Å²) >= 11 is -1.48. The van der Waals surface area contributed by atoms with Crippen LogP contribution in [0.3, 0.4) is 0 Å². The molecule has 0 aliphatic rings. The Morgan fingerprint density at radius 2 is 1.89 bits per heavy atom. The van der Waals surface area contributed by atoms with Crippen molar-refractivity contribution in [2.45, 2.75) is 11.8 Å². The molecule has 0 aliphatic heterocycles. The van der Waals surface area contributed by atoms with Crippen molar-refractivity contribution in [2.75, 3.05) is 4.72 Å². The number of carboxylic acid groups (broad SMARTS) is 1. The third-order valence-corrected chi connectivity index (χ3v) is 3.66. The highest BCUT2D eigenvalue weighted by atomic mass is 32.2. The summed E-state index contributed by atoms with van der Waals surface area (Å²) in [5, 5.41) is 8.89. The first-order chi connectivity index (χ1) is 9.06. The number of aromatic carboxylic acids is 1. The molecule has 0 aliphatic carbocycles. The minimum atomic E-state index is -1.48. The zero-order chi connectivity index (χ0) is 13.8. The number of benzene rings is 2. The number of carbonyl (C=O) groups is 1. The monoisotopic (exact) mass is 275 g/mol. The molecule has 0 saturated heterocycles. The molecule has 0 heterocycles. The maximum absolute atomic E-state index is 12.1. The molecule has 1 unspecified atom stereocenters. The molecule has 0 fully saturated rings. The highest BCUT2D eigenvalue weighted by Gasteiger charge is 2.14. The number of hydrogen-bond donors (Lipinski definition) is 2. The minimum Gasteiger partial charge on any atom is -0.588 e. The Morgan fingerprint density at radius 1 is 1.21 bits per heavy atom. The molecule has 5 heteroatoms. The maximum atomic E-state index is 12.1. The van der Waals surface area contributed by atoms with E-state index in [1.54, 1.807) is 12.1 Å². The quantitative estimate of drug-likeness (QED) is 0.842. The molecule has 0 spiro atoms. The first kappa shape index (κ1) is 13.5. The van der Waals surface area contributed by atoms with Crippen molar-refractivity contribution < 1.29 is 14.5 Å². The lowest BCUT2D eigenvalue weighted by molar-refractivity contribution is 0.0696.